The second-order valence-corrected chi connectivity index (χ2v) is 5.68. The Hall–Kier alpha value is -1.62. The van der Waals surface area contributed by atoms with Crippen molar-refractivity contribution in [3.05, 3.63) is 34.6 Å². The zero-order valence-corrected chi connectivity index (χ0v) is 11.5. The molecule has 4 nitrogen and oxygen atoms in total. The molecule has 0 aromatic heterocycles. The molecule has 1 saturated heterocycles. The van der Waals surface area contributed by atoms with Gasteiger partial charge in [0.05, 0.1) is 11.6 Å². The van der Waals surface area contributed by atoms with Crippen molar-refractivity contribution in [2.75, 3.05) is 6.54 Å². The summed E-state index contributed by atoms with van der Waals surface area (Å²) in [5, 5.41) is 2.67. The fraction of sp³-hybridized carbons (Fsp3) is 0.429. The molecule has 106 valence electrons. The molecule has 1 N–H and O–H groups in total. The molecule has 2 aliphatic rings. The van der Waals surface area contributed by atoms with Gasteiger partial charge in [0.2, 0.25) is 11.8 Å². The fourth-order valence-corrected chi connectivity index (χ4v) is 2.68. The third kappa shape index (κ3) is 2.50. The number of nitrogens with zero attached hydrogens (tertiary/aromatic N) is 1. The molecule has 2 amide bonds. The van der Waals surface area contributed by atoms with E-state index in [1.807, 2.05) is 0 Å². The van der Waals surface area contributed by atoms with E-state index in [4.69, 9.17) is 11.6 Å². The normalized spacial score (nSPS) is 22.9. The smallest absolute Gasteiger partial charge is 0.243 e. The van der Waals surface area contributed by atoms with Crippen LogP contribution in [0.1, 0.15) is 18.4 Å². The lowest BCUT2D eigenvalue weighted by atomic mass is 10.1. The summed E-state index contributed by atoms with van der Waals surface area (Å²) in [4.78, 5) is 25.5. The van der Waals surface area contributed by atoms with E-state index in [9.17, 15) is 14.0 Å². The molecule has 20 heavy (non-hydrogen) atoms. The van der Waals surface area contributed by atoms with Gasteiger partial charge < -0.3 is 10.2 Å². The largest absolute Gasteiger partial charge is 0.345 e. The molecule has 2 fully saturated rings. The Morgan fingerprint density at radius 2 is 2.10 bits per heavy atom. The Labute approximate surface area is 120 Å². The van der Waals surface area contributed by atoms with Gasteiger partial charge in [0.15, 0.2) is 0 Å². The van der Waals surface area contributed by atoms with Crippen molar-refractivity contribution >= 4 is 23.4 Å². The van der Waals surface area contributed by atoms with Gasteiger partial charge >= 0.3 is 0 Å². The van der Waals surface area contributed by atoms with Gasteiger partial charge in [-0.15, -0.1) is 0 Å². The monoisotopic (exact) mass is 296 g/mol. The first kappa shape index (κ1) is 13.4. The molecule has 1 aromatic carbocycles. The Balaban J connectivity index is 1.83. The summed E-state index contributed by atoms with van der Waals surface area (Å²) in [5.74, 6) is -0.518. The number of carbonyl (C=O) groups excluding carboxylic acids is 2. The molecule has 6 heteroatoms. The maximum absolute atomic E-state index is 13.5. The van der Waals surface area contributed by atoms with Gasteiger partial charge in [-0.2, -0.15) is 0 Å². The number of hydrogen-bond donors (Lipinski definition) is 1. The summed E-state index contributed by atoms with van der Waals surface area (Å²) < 4.78 is 13.5. The maximum atomic E-state index is 13.5. The van der Waals surface area contributed by atoms with Crippen LogP contribution in [0.5, 0.6) is 0 Å². The maximum Gasteiger partial charge on any atom is 0.243 e. The first-order valence-electron chi connectivity index (χ1n) is 6.57. The third-order valence-corrected chi connectivity index (χ3v) is 4.05. The SMILES string of the molecule is O=C1NCC(=O)N(Cc2ccc(Cl)c(F)c2)C1C1CC1. The van der Waals surface area contributed by atoms with Gasteiger partial charge in [-0.1, -0.05) is 17.7 Å². The predicted octanol–water partition coefficient (Wildman–Crippen LogP) is 1.72. The van der Waals surface area contributed by atoms with Crippen LogP contribution in [0.15, 0.2) is 18.2 Å². The Bertz CT molecular complexity index is 574. The van der Waals surface area contributed by atoms with Crippen molar-refractivity contribution < 1.29 is 14.0 Å². The summed E-state index contributed by atoms with van der Waals surface area (Å²) in [6.07, 6.45) is 1.91. The van der Waals surface area contributed by atoms with Crippen LogP contribution in [0, 0.1) is 11.7 Å². The average molecular weight is 297 g/mol. The second-order valence-electron chi connectivity index (χ2n) is 5.27. The Kier molecular flexibility index (Phi) is 3.38. The molecule has 1 aliphatic heterocycles. The molecule has 0 radical (unpaired) electrons. The lowest BCUT2D eigenvalue weighted by molar-refractivity contribution is -0.147. The number of carbonyl (C=O) groups is 2. The first-order chi connectivity index (χ1) is 9.56. The van der Waals surface area contributed by atoms with Crippen LogP contribution in [0.25, 0.3) is 0 Å². The standard InChI is InChI=1S/C14H14ClFN2O2/c15-10-4-1-8(5-11(10)16)7-18-12(19)6-17-14(20)13(18)9-2-3-9/h1,4-5,9,13H,2-3,6-7H2,(H,17,20). The average Bonchev–Trinajstić information content (AvgIpc) is 3.23. The van der Waals surface area contributed by atoms with Crippen LogP contribution in [0.3, 0.4) is 0 Å². The van der Waals surface area contributed by atoms with Gasteiger partial charge in [-0.25, -0.2) is 4.39 Å². The number of nitrogens with one attached hydrogen (secondary N) is 1. The zero-order valence-electron chi connectivity index (χ0n) is 10.7. The number of piperazine rings is 1. The number of hydrogen-bond acceptors (Lipinski definition) is 2. The van der Waals surface area contributed by atoms with E-state index in [0.717, 1.165) is 12.8 Å². The van der Waals surface area contributed by atoms with Crippen LogP contribution in [-0.2, 0) is 16.1 Å². The minimum atomic E-state index is -0.513. The van der Waals surface area contributed by atoms with E-state index in [1.54, 1.807) is 11.0 Å². The van der Waals surface area contributed by atoms with Gasteiger partial charge in [0, 0.05) is 6.54 Å². The number of rotatable bonds is 3. The van der Waals surface area contributed by atoms with E-state index in [0.29, 0.717) is 5.56 Å². The minimum absolute atomic E-state index is 0.0120. The summed E-state index contributed by atoms with van der Waals surface area (Å²) in [6, 6.07) is 4.03. The van der Waals surface area contributed by atoms with E-state index >= 15 is 0 Å². The van der Waals surface area contributed by atoms with Crippen molar-refractivity contribution in [2.45, 2.75) is 25.4 Å². The lowest BCUT2D eigenvalue weighted by Gasteiger charge is -2.35. The zero-order chi connectivity index (χ0) is 14.3. The third-order valence-electron chi connectivity index (χ3n) is 3.74. The molecule has 1 aromatic rings. The quantitative estimate of drug-likeness (QED) is 0.923. The van der Waals surface area contributed by atoms with Crippen molar-refractivity contribution in [1.82, 2.24) is 10.2 Å². The van der Waals surface area contributed by atoms with E-state index in [-0.39, 0.29) is 35.8 Å². The van der Waals surface area contributed by atoms with Crippen LogP contribution in [-0.4, -0.2) is 29.3 Å². The van der Waals surface area contributed by atoms with E-state index in [2.05, 4.69) is 5.32 Å². The molecule has 1 saturated carbocycles. The van der Waals surface area contributed by atoms with Crippen molar-refractivity contribution in [2.24, 2.45) is 5.92 Å². The molecule has 1 heterocycles. The van der Waals surface area contributed by atoms with Crippen LogP contribution in [0.2, 0.25) is 5.02 Å². The molecule has 0 bridgehead atoms. The highest BCUT2D eigenvalue weighted by Crippen LogP contribution is 2.37. The van der Waals surface area contributed by atoms with Gasteiger partial charge in [0.1, 0.15) is 11.9 Å². The van der Waals surface area contributed by atoms with Crippen LogP contribution >= 0.6 is 11.6 Å². The van der Waals surface area contributed by atoms with Crippen molar-refractivity contribution in [1.29, 1.82) is 0 Å². The Morgan fingerprint density at radius 1 is 1.35 bits per heavy atom. The Morgan fingerprint density at radius 3 is 2.75 bits per heavy atom. The molecule has 0 spiro atoms. The highest BCUT2D eigenvalue weighted by molar-refractivity contribution is 6.30. The molecular formula is C14H14ClFN2O2. The van der Waals surface area contributed by atoms with E-state index < -0.39 is 11.9 Å². The fourth-order valence-electron chi connectivity index (χ4n) is 2.57. The van der Waals surface area contributed by atoms with Crippen LogP contribution < -0.4 is 5.32 Å². The number of amides is 2. The molecule has 1 aliphatic carbocycles. The van der Waals surface area contributed by atoms with Crippen LogP contribution in [0.4, 0.5) is 4.39 Å². The highest BCUT2D eigenvalue weighted by Gasteiger charge is 2.44. The first-order valence-corrected chi connectivity index (χ1v) is 6.95. The summed E-state index contributed by atoms with van der Waals surface area (Å²) in [5.41, 5.74) is 0.639. The molecule has 1 unspecified atom stereocenters. The topological polar surface area (TPSA) is 49.4 Å². The second kappa shape index (κ2) is 5.05. The molecule has 1 atom stereocenters. The van der Waals surface area contributed by atoms with Gasteiger partial charge in [-0.3, -0.25) is 9.59 Å². The van der Waals surface area contributed by atoms with E-state index in [1.165, 1.54) is 12.1 Å². The van der Waals surface area contributed by atoms with Gasteiger partial charge in [0.25, 0.3) is 0 Å². The van der Waals surface area contributed by atoms with Crippen molar-refractivity contribution in [3.8, 4) is 0 Å². The predicted molar refractivity (Wildman–Crippen MR) is 71.5 cm³/mol. The molecular weight excluding hydrogens is 283 g/mol. The summed E-state index contributed by atoms with van der Waals surface area (Å²) in [7, 11) is 0. The molecule has 3 rings (SSSR count). The summed E-state index contributed by atoms with van der Waals surface area (Å²) >= 11 is 5.64. The van der Waals surface area contributed by atoms with Crippen molar-refractivity contribution in [3.63, 3.8) is 0 Å². The lowest BCUT2D eigenvalue weighted by Crippen LogP contribution is -2.58. The van der Waals surface area contributed by atoms with Gasteiger partial charge in [-0.05, 0) is 36.5 Å². The number of halogens is 2. The highest BCUT2D eigenvalue weighted by atomic mass is 35.5. The summed E-state index contributed by atoms with van der Waals surface area (Å²) in [6.45, 7) is 0.250. The number of benzene rings is 1. The minimum Gasteiger partial charge on any atom is -0.345 e.